The van der Waals surface area contributed by atoms with Crippen molar-refractivity contribution in [3.63, 3.8) is 0 Å². The molecule has 4 aromatic heterocycles. The average molecular weight is 1090 g/mol. The number of fused-ring (bicyclic) bond motifs is 2. The smallest absolute Gasteiger partial charge is 0.266 e. The van der Waals surface area contributed by atoms with Crippen molar-refractivity contribution in [1.82, 2.24) is 29.7 Å². The third kappa shape index (κ3) is 13.6. The number of nitrogens with zero attached hydrogens (tertiary/aromatic N) is 6. The number of anilines is 1. The van der Waals surface area contributed by atoms with Crippen LogP contribution in [0, 0.1) is 37.1 Å². The van der Waals surface area contributed by atoms with Gasteiger partial charge in [0.2, 0.25) is 0 Å². The van der Waals surface area contributed by atoms with Gasteiger partial charge in [-0.25, -0.2) is 27.5 Å². The van der Waals surface area contributed by atoms with Crippen molar-refractivity contribution in [2.45, 2.75) is 117 Å². The zero-order chi connectivity index (χ0) is 55.8. The molecule has 77 heavy (non-hydrogen) atoms. The Balaban J connectivity index is 0.000000228. The minimum Gasteiger partial charge on any atom is -0.496 e. The number of halogens is 4. The lowest BCUT2D eigenvalue weighted by atomic mass is 9.93. The fraction of sp³-hybridized carbons (Fsp3) is 0.356. The summed E-state index contributed by atoms with van der Waals surface area (Å²) in [5.41, 5.74) is 22.1. The molecule has 2 saturated carbocycles. The second kappa shape index (κ2) is 28.5. The van der Waals surface area contributed by atoms with E-state index in [0.717, 1.165) is 150 Å². The van der Waals surface area contributed by atoms with E-state index in [1.165, 1.54) is 20.4 Å². The van der Waals surface area contributed by atoms with Crippen LogP contribution in [-0.2, 0) is 13.1 Å². The van der Waals surface area contributed by atoms with Crippen LogP contribution >= 0.6 is 22.7 Å². The van der Waals surface area contributed by atoms with Gasteiger partial charge in [0.15, 0.2) is 0 Å². The van der Waals surface area contributed by atoms with E-state index in [1.807, 2.05) is 56.0 Å². The van der Waals surface area contributed by atoms with Crippen LogP contribution < -0.4 is 21.9 Å². The fourth-order valence-electron chi connectivity index (χ4n) is 9.92. The highest BCUT2D eigenvalue weighted by Crippen LogP contribution is 2.41. The highest BCUT2D eigenvalue weighted by molar-refractivity contribution is 7.21. The molecule has 2 aliphatic carbocycles. The molecule has 408 valence electrons. The number of benzene rings is 4. The molecule has 10 rings (SSSR count). The SMILES string of the molecule is CC.CN.CN.COc1ccc(-c2cncnc2)cc1CN(C(=O)c1sc2c(F)ccc(F)c2c1N)C1CCCCC1.Cc1ccc(-c2cnccn2)cc1CN(C(=O)c1sc2c(F)ccc(F)c2c1C)C1CCCCC1. The number of nitrogen functional groups attached to an aromatic ring is 1. The van der Waals surface area contributed by atoms with Gasteiger partial charge in [-0.3, -0.25) is 19.6 Å². The maximum absolute atomic E-state index is 14.6. The largest absolute Gasteiger partial charge is 0.496 e. The summed E-state index contributed by atoms with van der Waals surface area (Å²) in [6.07, 6.45) is 20.0. The Kier molecular flexibility index (Phi) is 22.0. The number of hydrogen-bond acceptors (Lipinski definition) is 12. The predicted molar refractivity (Wildman–Crippen MR) is 304 cm³/mol. The van der Waals surface area contributed by atoms with Crippen molar-refractivity contribution in [3.05, 3.63) is 153 Å². The molecule has 8 aromatic rings. The van der Waals surface area contributed by atoms with Gasteiger partial charge in [-0.2, -0.15) is 0 Å². The van der Waals surface area contributed by atoms with Crippen LogP contribution in [0.15, 0.2) is 98.0 Å². The molecule has 0 radical (unpaired) electrons. The van der Waals surface area contributed by atoms with Gasteiger partial charge in [0.05, 0.1) is 44.4 Å². The second-order valence-electron chi connectivity index (χ2n) is 18.2. The minimum atomic E-state index is -0.636. The topological polar surface area (TPSA) is 179 Å². The van der Waals surface area contributed by atoms with E-state index in [2.05, 4.69) is 37.5 Å². The number of carbonyl (C=O) groups is 2. The summed E-state index contributed by atoms with van der Waals surface area (Å²) in [6, 6.07) is 16.3. The Bertz CT molecular complexity index is 3220. The summed E-state index contributed by atoms with van der Waals surface area (Å²) in [6.45, 7) is 8.46. The van der Waals surface area contributed by atoms with E-state index in [4.69, 9.17) is 10.5 Å². The number of thiophene rings is 2. The lowest BCUT2D eigenvalue weighted by Gasteiger charge is -2.35. The number of ether oxygens (including phenoxy) is 1. The molecular formula is C59H69F4N9O3S2. The Morgan fingerprint density at radius 1 is 0.610 bits per heavy atom. The van der Waals surface area contributed by atoms with Gasteiger partial charge in [0, 0.05) is 72.0 Å². The maximum atomic E-state index is 14.6. The van der Waals surface area contributed by atoms with Gasteiger partial charge in [-0.1, -0.05) is 70.6 Å². The summed E-state index contributed by atoms with van der Waals surface area (Å²) in [7, 11) is 4.59. The van der Waals surface area contributed by atoms with Crippen LogP contribution in [0.4, 0.5) is 23.2 Å². The highest BCUT2D eigenvalue weighted by Gasteiger charge is 2.33. The molecule has 4 heterocycles. The van der Waals surface area contributed by atoms with Gasteiger partial charge in [-0.05, 0) is 118 Å². The van der Waals surface area contributed by atoms with Gasteiger partial charge in [0.1, 0.15) is 40.2 Å². The molecule has 0 atom stereocenters. The number of carbonyl (C=O) groups excluding carboxylic acids is 2. The van der Waals surface area contributed by atoms with E-state index in [-0.39, 0.29) is 61.2 Å². The number of methoxy groups -OCH3 is 1. The van der Waals surface area contributed by atoms with Crippen LogP contribution in [0.1, 0.15) is 120 Å². The first kappa shape index (κ1) is 59.4. The van der Waals surface area contributed by atoms with Crippen molar-refractivity contribution in [3.8, 4) is 28.1 Å². The van der Waals surface area contributed by atoms with Crippen molar-refractivity contribution >= 4 is 60.3 Å². The highest BCUT2D eigenvalue weighted by atomic mass is 32.1. The molecule has 18 heteroatoms. The van der Waals surface area contributed by atoms with Crippen molar-refractivity contribution in [2.75, 3.05) is 26.9 Å². The first-order valence-electron chi connectivity index (χ1n) is 26.0. The molecular weight excluding hydrogens is 1020 g/mol. The number of rotatable bonds is 11. The van der Waals surface area contributed by atoms with E-state index in [9.17, 15) is 27.2 Å². The molecule has 2 amide bonds. The molecule has 4 aromatic carbocycles. The summed E-state index contributed by atoms with van der Waals surface area (Å²) in [5, 5.41) is 0.179. The molecule has 0 aliphatic heterocycles. The molecule has 0 bridgehead atoms. The second-order valence-corrected chi connectivity index (χ2v) is 20.2. The van der Waals surface area contributed by atoms with Crippen molar-refractivity contribution in [2.24, 2.45) is 11.5 Å². The van der Waals surface area contributed by atoms with Crippen molar-refractivity contribution < 1.29 is 31.9 Å². The number of aromatic nitrogens is 4. The van der Waals surface area contributed by atoms with Gasteiger partial charge in [0.25, 0.3) is 11.8 Å². The summed E-state index contributed by atoms with van der Waals surface area (Å²) < 4.78 is 63.9. The van der Waals surface area contributed by atoms with Crippen LogP contribution in [0.3, 0.4) is 0 Å². The molecule has 6 N–H and O–H groups in total. The number of amides is 2. The van der Waals surface area contributed by atoms with Crippen LogP contribution in [0.5, 0.6) is 5.75 Å². The first-order chi connectivity index (χ1) is 37.4. The summed E-state index contributed by atoms with van der Waals surface area (Å²) in [4.78, 5) is 49.0. The predicted octanol–water partition coefficient (Wildman–Crippen LogP) is 13.6. The van der Waals surface area contributed by atoms with Crippen LogP contribution in [-0.4, -0.2) is 74.8 Å². The third-order valence-electron chi connectivity index (χ3n) is 13.8. The number of nitrogens with two attached hydrogens (primary N) is 3. The molecule has 0 unspecified atom stereocenters. The van der Waals surface area contributed by atoms with E-state index in [1.54, 1.807) is 49.9 Å². The third-order valence-corrected chi connectivity index (χ3v) is 16.3. The zero-order valence-corrected chi connectivity index (χ0v) is 46.5. The minimum absolute atomic E-state index is 0.0139. The Labute approximate surface area is 456 Å². The van der Waals surface area contributed by atoms with Gasteiger partial charge >= 0.3 is 0 Å². The van der Waals surface area contributed by atoms with E-state index < -0.39 is 23.3 Å². The molecule has 0 saturated heterocycles. The Morgan fingerprint density at radius 3 is 1.66 bits per heavy atom. The lowest BCUT2D eigenvalue weighted by molar-refractivity contribution is 0.0611. The molecule has 0 spiro atoms. The Hall–Kier alpha value is -6.86. The van der Waals surface area contributed by atoms with Crippen LogP contribution in [0.2, 0.25) is 0 Å². The van der Waals surface area contributed by atoms with Crippen LogP contribution in [0.25, 0.3) is 42.6 Å². The number of hydrogen-bond donors (Lipinski definition) is 3. The number of aryl methyl sites for hydroxylation is 2. The van der Waals surface area contributed by atoms with Gasteiger partial charge < -0.3 is 31.7 Å². The van der Waals surface area contributed by atoms with Gasteiger partial charge in [-0.15, -0.1) is 22.7 Å². The first-order valence-corrected chi connectivity index (χ1v) is 27.6. The van der Waals surface area contributed by atoms with E-state index >= 15 is 0 Å². The monoisotopic (exact) mass is 1090 g/mol. The Morgan fingerprint density at radius 2 is 1.12 bits per heavy atom. The normalized spacial score (nSPS) is 13.4. The average Bonchev–Trinajstić information content (AvgIpc) is 4.04. The molecule has 2 aliphatic rings. The molecule has 12 nitrogen and oxygen atoms in total. The quantitative estimate of drug-likeness (QED) is 0.106. The summed E-state index contributed by atoms with van der Waals surface area (Å²) in [5.74, 6) is -2.05. The summed E-state index contributed by atoms with van der Waals surface area (Å²) >= 11 is 1.96. The maximum Gasteiger partial charge on any atom is 0.266 e. The standard InChI is InChI=1S/C28H27F2N3OS.C27H26F2N4O2S.C2H6.2CH5N/c1-17-8-9-19(24-15-31-12-13-32-24)14-20(17)16-33(21-6-4-3-5-7-21)28(34)26-18(2)25-22(29)10-11-23(30)27(25)35-26;1-35-22-10-7-16(18-12-31-15-32-13-18)11-17(22)14-33(19-5-3-2-4-6-19)27(34)26-24(30)23-20(28)8-9-21(29)25(23)36-26;3*1-2/h8-15,21H,3-7,16H2,1-2H3;7-13,15,19H,2-6,14,30H2,1H3;1-2H3;2*2H2,1H3. The fourth-order valence-corrected chi connectivity index (χ4v) is 12.2. The van der Waals surface area contributed by atoms with Crippen molar-refractivity contribution in [1.29, 1.82) is 0 Å². The molecule has 2 fully saturated rings. The zero-order valence-electron chi connectivity index (χ0n) is 44.8. The lowest BCUT2D eigenvalue weighted by Crippen LogP contribution is -2.41. The van der Waals surface area contributed by atoms with E-state index in [0.29, 0.717) is 22.7 Å².